The number of carbonyl (C=O) groups is 1. The molecule has 0 fully saturated rings. The summed E-state index contributed by atoms with van der Waals surface area (Å²) in [6, 6.07) is 9.74. The lowest BCUT2D eigenvalue weighted by Gasteiger charge is -2.17. The molecule has 24 heavy (non-hydrogen) atoms. The summed E-state index contributed by atoms with van der Waals surface area (Å²) in [7, 11) is 3.46. The zero-order valence-electron chi connectivity index (χ0n) is 14.2. The van der Waals surface area contributed by atoms with Crippen molar-refractivity contribution in [2.75, 3.05) is 20.7 Å². The number of carbonyl (C=O) groups excluding carboxylic acids is 1. The molecule has 0 unspecified atom stereocenters. The highest BCUT2D eigenvalue weighted by Gasteiger charge is 2.18. The van der Waals surface area contributed by atoms with E-state index >= 15 is 0 Å². The van der Waals surface area contributed by atoms with Gasteiger partial charge in [-0.25, -0.2) is 0 Å². The van der Waals surface area contributed by atoms with Gasteiger partial charge in [-0.3, -0.25) is 9.78 Å². The molecule has 0 atom stereocenters. The average molecular weight is 323 g/mol. The quantitative estimate of drug-likeness (QED) is 0.784. The normalized spacial score (nSPS) is 10.8. The van der Waals surface area contributed by atoms with Crippen LogP contribution >= 0.6 is 0 Å². The number of ether oxygens (including phenoxy) is 1. The second kappa shape index (κ2) is 6.74. The number of benzene rings is 1. The molecule has 3 rings (SSSR count). The van der Waals surface area contributed by atoms with Crippen LogP contribution in [0.4, 0.5) is 0 Å². The van der Waals surface area contributed by atoms with Crippen LogP contribution in [0.5, 0.6) is 5.75 Å². The highest BCUT2D eigenvalue weighted by atomic mass is 16.5. The number of fused-ring (bicyclic) bond motifs is 1. The second-order valence-corrected chi connectivity index (χ2v) is 5.87. The molecule has 0 spiro atoms. The van der Waals surface area contributed by atoms with Crippen LogP contribution in [0.25, 0.3) is 10.9 Å². The van der Waals surface area contributed by atoms with Gasteiger partial charge < -0.3 is 14.6 Å². The highest BCUT2D eigenvalue weighted by Crippen LogP contribution is 2.26. The van der Waals surface area contributed by atoms with E-state index in [1.165, 1.54) is 5.56 Å². The Kier molecular flexibility index (Phi) is 4.51. The van der Waals surface area contributed by atoms with E-state index in [0.29, 0.717) is 12.2 Å². The smallest absolute Gasteiger partial charge is 0.270 e. The Balaban J connectivity index is 1.78. The number of amides is 1. The molecule has 5 nitrogen and oxygen atoms in total. The maximum atomic E-state index is 12.8. The number of hydrogen-bond donors (Lipinski definition) is 1. The van der Waals surface area contributed by atoms with Gasteiger partial charge in [-0.05, 0) is 48.7 Å². The lowest BCUT2D eigenvalue weighted by Crippen LogP contribution is -2.29. The minimum absolute atomic E-state index is 0.00303. The first-order valence-electron chi connectivity index (χ1n) is 7.91. The minimum atomic E-state index is -0.00303. The molecule has 5 heteroatoms. The Morgan fingerprint density at radius 2 is 2.00 bits per heavy atom. The van der Waals surface area contributed by atoms with Crippen molar-refractivity contribution in [1.29, 1.82) is 0 Å². The van der Waals surface area contributed by atoms with E-state index in [4.69, 9.17) is 4.74 Å². The van der Waals surface area contributed by atoms with Crippen molar-refractivity contribution in [1.82, 2.24) is 14.9 Å². The summed E-state index contributed by atoms with van der Waals surface area (Å²) in [5.74, 6) is 0.769. The van der Waals surface area contributed by atoms with Gasteiger partial charge in [0.2, 0.25) is 0 Å². The van der Waals surface area contributed by atoms with Crippen molar-refractivity contribution in [3.8, 4) is 5.75 Å². The van der Waals surface area contributed by atoms with Gasteiger partial charge in [0.05, 0.1) is 7.11 Å². The first-order chi connectivity index (χ1) is 11.6. The summed E-state index contributed by atoms with van der Waals surface area (Å²) < 4.78 is 5.25. The van der Waals surface area contributed by atoms with Crippen molar-refractivity contribution in [3.63, 3.8) is 0 Å². The second-order valence-electron chi connectivity index (χ2n) is 5.87. The molecule has 3 aromatic rings. The lowest BCUT2D eigenvalue weighted by atomic mass is 10.1. The Hall–Kier alpha value is -2.82. The van der Waals surface area contributed by atoms with Crippen LogP contribution in [-0.2, 0) is 6.42 Å². The van der Waals surface area contributed by atoms with Crippen LogP contribution in [-0.4, -0.2) is 41.5 Å². The average Bonchev–Trinajstić information content (AvgIpc) is 2.95. The van der Waals surface area contributed by atoms with Gasteiger partial charge in [-0.2, -0.15) is 0 Å². The summed E-state index contributed by atoms with van der Waals surface area (Å²) in [4.78, 5) is 21.8. The molecule has 0 aliphatic carbocycles. The van der Waals surface area contributed by atoms with Gasteiger partial charge in [0.15, 0.2) is 0 Å². The molecule has 2 heterocycles. The third kappa shape index (κ3) is 3.11. The number of hydrogen-bond acceptors (Lipinski definition) is 3. The van der Waals surface area contributed by atoms with E-state index in [-0.39, 0.29) is 5.91 Å². The van der Waals surface area contributed by atoms with Gasteiger partial charge in [0, 0.05) is 43.0 Å². The number of H-pyrrole nitrogens is 1. The summed E-state index contributed by atoms with van der Waals surface area (Å²) >= 11 is 0. The van der Waals surface area contributed by atoms with Crippen LogP contribution in [0, 0.1) is 6.92 Å². The Morgan fingerprint density at radius 3 is 2.71 bits per heavy atom. The molecule has 2 aromatic heterocycles. The molecular weight excluding hydrogens is 302 g/mol. The molecule has 124 valence electrons. The largest absolute Gasteiger partial charge is 0.497 e. The number of nitrogens with zero attached hydrogens (tertiary/aromatic N) is 2. The molecule has 0 bridgehead atoms. The van der Waals surface area contributed by atoms with E-state index in [9.17, 15) is 4.79 Å². The predicted molar refractivity (Wildman–Crippen MR) is 94.5 cm³/mol. The molecule has 0 saturated carbocycles. The van der Waals surface area contributed by atoms with Crippen molar-refractivity contribution in [3.05, 3.63) is 59.5 Å². The van der Waals surface area contributed by atoms with E-state index in [0.717, 1.165) is 28.6 Å². The number of methoxy groups -OCH3 is 1. The Morgan fingerprint density at radius 1 is 1.25 bits per heavy atom. The number of rotatable bonds is 5. The first-order valence-corrected chi connectivity index (χ1v) is 7.91. The molecule has 1 N–H and O–H groups in total. The Bertz CT molecular complexity index is 856. The van der Waals surface area contributed by atoms with Gasteiger partial charge in [0.25, 0.3) is 5.91 Å². The number of aryl methyl sites for hydroxylation is 1. The van der Waals surface area contributed by atoms with Crippen LogP contribution in [0.1, 0.15) is 21.6 Å². The maximum Gasteiger partial charge on any atom is 0.270 e. The van der Waals surface area contributed by atoms with E-state index in [1.54, 1.807) is 24.4 Å². The van der Waals surface area contributed by atoms with Gasteiger partial charge in [0.1, 0.15) is 11.4 Å². The van der Waals surface area contributed by atoms with E-state index in [2.05, 4.69) is 9.97 Å². The molecule has 0 radical (unpaired) electrons. The standard InChI is InChI=1S/C19H21N3O2/c1-13-16-5-4-15(24-3)12-17(16)21-18(13)19(23)22(2)11-8-14-6-9-20-10-7-14/h4-7,9-10,12,21H,8,11H2,1-3H3. The number of nitrogens with one attached hydrogen (secondary N) is 1. The van der Waals surface area contributed by atoms with Gasteiger partial charge >= 0.3 is 0 Å². The van der Waals surface area contributed by atoms with Gasteiger partial charge in [-0.1, -0.05) is 0 Å². The van der Waals surface area contributed by atoms with Crippen LogP contribution in [0.3, 0.4) is 0 Å². The SMILES string of the molecule is COc1ccc2c(C)c(C(=O)N(C)CCc3ccncc3)[nH]c2c1. The summed E-state index contributed by atoms with van der Waals surface area (Å²) in [5.41, 5.74) is 3.68. The van der Waals surface area contributed by atoms with E-state index < -0.39 is 0 Å². The minimum Gasteiger partial charge on any atom is -0.497 e. The fraction of sp³-hybridized carbons (Fsp3) is 0.263. The Labute approximate surface area is 141 Å². The van der Waals surface area contributed by atoms with Crippen LogP contribution in [0.15, 0.2) is 42.7 Å². The molecule has 0 aliphatic heterocycles. The van der Waals surface area contributed by atoms with E-state index in [1.807, 2.05) is 44.3 Å². The lowest BCUT2D eigenvalue weighted by molar-refractivity contribution is 0.0791. The summed E-state index contributed by atoms with van der Waals surface area (Å²) in [6.07, 6.45) is 4.34. The number of aromatic nitrogens is 2. The molecule has 0 aliphatic rings. The topological polar surface area (TPSA) is 58.2 Å². The van der Waals surface area contributed by atoms with Crippen LogP contribution < -0.4 is 4.74 Å². The van der Waals surface area contributed by atoms with Crippen LogP contribution in [0.2, 0.25) is 0 Å². The molecule has 0 saturated heterocycles. The molecule has 1 amide bonds. The molecular formula is C19H21N3O2. The van der Waals surface area contributed by atoms with Crippen molar-refractivity contribution < 1.29 is 9.53 Å². The first kappa shape index (κ1) is 16.1. The van der Waals surface area contributed by atoms with Gasteiger partial charge in [-0.15, -0.1) is 0 Å². The maximum absolute atomic E-state index is 12.8. The number of likely N-dealkylation sites (N-methyl/N-ethyl adjacent to an activating group) is 1. The highest BCUT2D eigenvalue weighted by molar-refractivity contribution is 6.01. The number of aromatic amines is 1. The fourth-order valence-electron chi connectivity index (χ4n) is 2.80. The number of pyridine rings is 1. The summed E-state index contributed by atoms with van der Waals surface area (Å²) in [6.45, 7) is 2.62. The van der Waals surface area contributed by atoms with Crippen molar-refractivity contribution in [2.45, 2.75) is 13.3 Å². The third-order valence-electron chi connectivity index (χ3n) is 4.31. The zero-order chi connectivity index (χ0) is 17.1. The molecule has 1 aromatic carbocycles. The predicted octanol–water partition coefficient (Wildman–Crippen LogP) is 3.19. The summed E-state index contributed by atoms with van der Waals surface area (Å²) in [5, 5.41) is 1.04. The van der Waals surface area contributed by atoms with Crippen molar-refractivity contribution in [2.24, 2.45) is 0 Å². The van der Waals surface area contributed by atoms with Crippen molar-refractivity contribution >= 4 is 16.8 Å². The third-order valence-corrected chi connectivity index (χ3v) is 4.31. The fourth-order valence-corrected chi connectivity index (χ4v) is 2.80. The zero-order valence-corrected chi connectivity index (χ0v) is 14.2. The monoisotopic (exact) mass is 323 g/mol.